The molecule has 98 valence electrons. The molecule has 0 aliphatic carbocycles. The van der Waals surface area contributed by atoms with E-state index in [0.29, 0.717) is 5.75 Å². The first-order valence-electron chi connectivity index (χ1n) is 6.68. The molecular formula is C18H20O. The summed E-state index contributed by atoms with van der Waals surface area (Å²) in [7, 11) is 0. The number of hydrogen-bond acceptors (Lipinski definition) is 1. The Bertz CT molecular complexity index is 608. The molecule has 1 nitrogen and oxygen atoms in total. The predicted molar refractivity (Wildman–Crippen MR) is 82.5 cm³/mol. The number of benzene rings is 2. The van der Waals surface area contributed by atoms with Crippen molar-refractivity contribution in [2.75, 3.05) is 0 Å². The van der Waals surface area contributed by atoms with Crippen LogP contribution >= 0.6 is 0 Å². The molecule has 19 heavy (non-hydrogen) atoms. The van der Waals surface area contributed by atoms with Gasteiger partial charge in [-0.25, -0.2) is 0 Å². The molecule has 0 spiro atoms. The number of allylic oxidation sites excluding steroid dienone is 3. The van der Waals surface area contributed by atoms with Gasteiger partial charge in [-0.05, 0) is 43.0 Å². The van der Waals surface area contributed by atoms with E-state index < -0.39 is 0 Å². The van der Waals surface area contributed by atoms with Crippen molar-refractivity contribution < 1.29 is 5.11 Å². The molecule has 2 rings (SSSR count). The lowest BCUT2D eigenvalue weighted by atomic mass is 9.99. The van der Waals surface area contributed by atoms with E-state index >= 15 is 0 Å². The second-order valence-corrected chi connectivity index (χ2v) is 4.87. The van der Waals surface area contributed by atoms with E-state index in [9.17, 15) is 5.11 Å². The van der Waals surface area contributed by atoms with Crippen molar-refractivity contribution in [2.24, 2.45) is 0 Å². The van der Waals surface area contributed by atoms with E-state index in [-0.39, 0.29) is 0 Å². The zero-order chi connectivity index (χ0) is 13.7. The number of rotatable bonds is 5. The van der Waals surface area contributed by atoms with E-state index in [1.807, 2.05) is 24.3 Å². The van der Waals surface area contributed by atoms with Crippen LogP contribution in [0.5, 0.6) is 5.75 Å². The number of phenols is 1. The molecule has 0 heterocycles. The van der Waals surface area contributed by atoms with Crippen LogP contribution in [0.15, 0.2) is 60.7 Å². The largest absolute Gasteiger partial charge is 0.508 e. The summed E-state index contributed by atoms with van der Waals surface area (Å²) >= 11 is 0. The highest BCUT2D eigenvalue weighted by Gasteiger charge is 2.05. The van der Waals surface area contributed by atoms with E-state index in [1.54, 1.807) is 6.07 Å². The van der Waals surface area contributed by atoms with Crippen molar-refractivity contribution in [3.8, 4) is 5.75 Å². The van der Waals surface area contributed by atoms with Crippen LogP contribution in [0.25, 0.3) is 10.8 Å². The second kappa shape index (κ2) is 6.24. The SMILES string of the molecule is C=CCC/C(C)=C/Cc1c(O)ccc2ccccc12. The minimum Gasteiger partial charge on any atom is -0.508 e. The number of fused-ring (bicyclic) bond motifs is 1. The number of aromatic hydroxyl groups is 1. The van der Waals surface area contributed by atoms with Gasteiger partial charge in [0.25, 0.3) is 0 Å². The van der Waals surface area contributed by atoms with Crippen LogP contribution in [0.1, 0.15) is 25.3 Å². The second-order valence-electron chi connectivity index (χ2n) is 4.87. The van der Waals surface area contributed by atoms with E-state index in [2.05, 4.69) is 31.7 Å². The summed E-state index contributed by atoms with van der Waals surface area (Å²) in [4.78, 5) is 0. The molecule has 0 aliphatic heterocycles. The van der Waals surface area contributed by atoms with Crippen LogP contribution < -0.4 is 0 Å². The fourth-order valence-electron chi connectivity index (χ4n) is 2.25. The van der Waals surface area contributed by atoms with Gasteiger partial charge in [0.15, 0.2) is 0 Å². The van der Waals surface area contributed by atoms with Crippen LogP contribution in [0.2, 0.25) is 0 Å². The number of phenolic OH excluding ortho intramolecular Hbond substituents is 1. The van der Waals surface area contributed by atoms with Crippen molar-refractivity contribution in [3.05, 3.63) is 66.3 Å². The molecule has 0 aliphatic rings. The van der Waals surface area contributed by atoms with E-state index in [0.717, 1.165) is 30.2 Å². The highest BCUT2D eigenvalue weighted by Crippen LogP contribution is 2.28. The molecule has 1 heteroatoms. The van der Waals surface area contributed by atoms with Gasteiger partial charge in [-0.1, -0.05) is 48.1 Å². The Kier molecular flexibility index (Phi) is 4.40. The summed E-state index contributed by atoms with van der Waals surface area (Å²) in [5.41, 5.74) is 2.35. The van der Waals surface area contributed by atoms with Gasteiger partial charge in [0.05, 0.1) is 0 Å². The summed E-state index contributed by atoms with van der Waals surface area (Å²) in [5.74, 6) is 0.381. The lowest BCUT2D eigenvalue weighted by molar-refractivity contribution is 0.471. The van der Waals surface area contributed by atoms with Gasteiger partial charge in [0.2, 0.25) is 0 Å². The van der Waals surface area contributed by atoms with E-state index in [4.69, 9.17) is 0 Å². The first kappa shape index (κ1) is 13.4. The van der Waals surface area contributed by atoms with Gasteiger partial charge in [0.1, 0.15) is 5.75 Å². The molecule has 0 fully saturated rings. The molecule has 0 aromatic heterocycles. The Hall–Kier alpha value is -2.02. The summed E-state index contributed by atoms with van der Waals surface area (Å²) in [5, 5.41) is 12.4. The van der Waals surface area contributed by atoms with Crippen molar-refractivity contribution in [3.63, 3.8) is 0 Å². The van der Waals surface area contributed by atoms with Crippen LogP contribution in [-0.4, -0.2) is 5.11 Å². The molecule has 0 unspecified atom stereocenters. The first-order chi connectivity index (χ1) is 9.22. The molecule has 0 radical (unpaired) electrons. The van der Waals surface area contributed by atoms with E-state index in [1.165, 1.54) is 11.0 Å². The zero-order valence-electron chi connectivity index (χ0n) is 11.4. The van der Waals surface area contributed by atoms with Gasteiger partial charge in [-0.2, -0.15) is 0 Å². The molecule has 0 atom stereocenters. The molecule has 2 aromatic carbocycles. The summed E-state index contributed by atoms with van der Waals surface area (Å²) < 4.78 is 0. The van der Waals surface area contributed by atoms with Crippen LogP contribution in [-0.2, 0) is 6.42 Å². The van der Waals surface area contributed by atoms with Gasteiger partial charge >= 0.3 is 0 Å². The Morgan fingerprint density at radius 2 is 2.00 bits per heavy atom. The predicted octanol–water partition coefficient (Wildman–Crippen LogP) is 5.00. The minimum absolute atomic E-state index is 0.381. The van der Waals surface area contributed by atoms with Crippen molar-refractivity contribution in [1.82, 2.24) is 0 Å². The molecule has 0 bridgehead atoms. The zero-order valence-corrected chi connectivity index (χ0v) is 11.4. The van der Waals surface area contributed by atoms with Crippen LogP contribution in [0.4, 0.5) is 0 Å². The lowest BCUT2D eigenvalue weighted by Gasteiger charge is -2.08. The Morgan fingerprint density at radius 3 is 2.79 bits per heavy atom. The maximum atomic E-state index is 10.1. The Morgan fingerprint density at radius 1 is 1.21 bits per heavy atom. The normalized spacial score (nSPS) is 11.7. The van der Waals surface area contributed by atoms with Crippen molar-refractivity contribution >= 4 is 10.8 Å². The Labute approximate surface area is 114 Å². The van der Waals surface area contributed by atoms with Gasteiger partial charge in [-0.3, -0.25) is 0 Å². The topological polar surface area (TPSA) is 20.2 Å². The third-order valence-electron chi connectivity index (χ3n) is 3.41. The minimum atomic E-state index is 0.381. The summed E-state index contributed by atoms with van der Waals surface area (Å²) in [6, 6.07) is 11.9. The standard InChI is InChI=1S/C18H20O/c1-3-4-7-14(2)10-12-17-16-9-6-5-8-15(16)11-13-18(17)19/h3,5-6,8-11,13,19H,1,4,7,12H2,2H3/b14-10+. The molecule has 0 saturated carbocycles. The average molecular weight is 252 g/mol. The first-order valence-corrected chi connectivity index (χ1v) is 6.68. The fraction of sp³-hybridized carbons (Fsp3) is 0.222. The quantitative estimate of drug-likeness (QED) is 0.742. The summed E-state index contributed by atoms with van der Waals surface area (Å²) in [6.45, 7) is 5.87. The lowest BCUT2D eigenvalue weighted by Crippen LogP contribution is -1.87. The fourth-order valence-corrected chi connectivity index (χ4v) is 2.25. The van der Waals surface area contributed by atoms with Crippen LogP contribution in [0, 0.1) is 0 Å². The molecule has 0 amide bonds. The third kappa shape index (κ3) is 3.25. The number of hydrogen-bond donors (Lipinski definition) is 1. The van der Waals surface area contributed by atoms with Crippen molar-refractivity contribution in [2.45, 2.75) is 26.2 Å². The van der Waals surface area contributed by atoms with Crippen LogP contribution in [0.3, 0.4) is 0 Å². The molecule has 1 N–H and O–H groups in total. The monoisotopic (exact) mass is 252 g/mol. The highest BCUT2D eigenvalue weighted by molar-refractivity contribution is 5.87. The maximum absolute atomic E-state index is 10.1. The van der Waals surface area contributed by atoms with Crippen molar-refractivity contribution in [1.29, 1.82) is 0 Å². The smallest absolute Gasteiger partial charge is 0.119 e. The molecule has 2 aromatic rings. The van der Waals surface area contributed by atoms with Gasteiger partial charge < -0.3 is 5.11 Å². The van der Waals surface area contributed by atoms with Gasteiger partial charge in [0, 0.05) is 5.56 Å². The molecular weight excluding hydrogens is 232 g/mol. The molecule has 0 saturated heterocycles. The van der Waals surface area contributed by atoms with Gasteiger partial charge in [-0.15, -0.1) is 6.58 Å². The third-order valence-corrected chi connectivity index (χ3v) is 3.41. The Balaban J connectivity index is 2.29. The highest BCUT2D eigenvalue weighted by atomic mass is 16.3. The maximum Gasteiger partial charge on any atom is 0.119 e. The summed E-state index contributed by atoms with van der Waals surface area (Å²) in [6.07, 6.45) is 6.95. The average Bonchev–Trinajstić information content (AvgIpc) is 2.44.